The maximum Gasteiger partial charge on any atom is 0.225 e. The van der Waals surface area contributed by atoms with Gasteiger partial charge >= 0.3 is 0 Å². The highest BCUT2D eigenvalue weighted by Crippen LogP contribution is 2.31. The smallest absolute Gasteiger partial charge is 0.225 e. The van der Waals surface area contributed by atoms with Crippen molar-refractivity contribution in [1.82, 2.24) is 19.9 Å². The summed E-state index contributed by atoms with van der Waals surface area (Å²) in [5, 5.41) is 0. The number of pyridine rings is 1. The molecule has 0 spiro atoms. The van der Waals surface area contributed by atoms with Crippen molar-refractivity contribution in [3.63, 3.8) is 0 Å². The molecule has 0 radical (unpaired) electrons. The lowest BCUT2D eigenvalue weighted by Gasteiger charge is -2.34. The molecule has 1 aliphatic heterocycles. The quantitative estimate of drug-likeness (QED) is 0.798. The summed E-state index contributed by atoms with van der Waals surface area (Å²) in [7, 11) is -3.48. The summed E-state index contributed by atoms with van der Waals surface area (Å²) < 4.78 is 24.6. The third-order valence-corrected chi connectivity index (χ3v) is 5.85. The molecule has 0 aromatic carbocycles. The van der Waals surface area contributed by atoms with Crippen molar-refractivity contribution in [2.45, 2.75) is 37.5 Å². The van der Waals surface area contributed by atoms with Gasteiger partial charge < -0.3 is 4.90 Å². The number of piperidine rings is 1. The van der Waals surface area contributed by atoms with Gasteiger partial charge in [-0.3, -0.25) is 9.78 Å². The van der Waals surface area contributed by atoms with Crippen LogP contribution in [0.2, 0.25) is 0 Å². The first-order valence-electron chi connectivity index (χ1n) is 9.03. The first-order chi connectivity index (χ1) is 12.8. The Labute approximate surface area is 159 Å². The Balaban J connectivity index is 2.02. The predicted octanol–water partition coefficient (Wildman–Crippen LogP) is 2.30. The van der Waals surface area contributed by atoms with Gasteiger partial charge in [0, 0.05) is 55.3 Å². The Morgan fingerprint density at radius 3 is 2.59 bits per heavy atom. The minimum Gasteiger partial charge on any atom is -0.342 e. The van der Waals surface area contributed by atoms with Crippen LogP contribution in [0.1, 0.15) is 38.3 Å². The maximum absolute atomic E-state index is 12.4. The number of aromatic nitrogens is 3. The van der Waals surface area contributed by atoms with Crippen molar-refractivity contribution in [3.8, 4) is 11.4 Å². The molecule has 2 aromatic heterocycles. The molecule has 1 aliphatic rings. The molecule has 0 saturated carbocycles. The van der Waals surface area contributed by atoms with E-state index in [4.69, 9.17) is 0 Å². The van der Waals surface area contributed by atoms with Gasteiger partial charge in [-0.2, -0.15) is 0 Å². The average molecular weight is 388 g/mol. The first kappa shape index (κ1) is 19.4. The van der Waals surface area contributed by atoms with Gasteiger partial charge in [0.25, 0.3) is 0 Å². The zero-order valence-electron chi connectivity index (χ0n) is 15.8. The summed E-state index contributed by atoms with van der Waals surface area (Å²) in [5.41, 5.74) is 1.28. The molecular weight excluding hydrogens is 364 g/mol. The van der Waals surface area contributed by atoms with Crippen molar-refractivity contribution in [3.05, 3.63) is 36.4 Å². The summed E-state index contributed by atoms with van der Waals surface area (Å²) >= 11 is 0. The molecule has 27 heavy (non-hydrogen) atoms. The third kappa shape index (κ3) is 4.32. The molecular formula is C19H24N4O3S. The lowest BCUT2D eigenvalue weighted by Crippen LogP contribution is -2.41. The van der Waals surface area contributed by atoms with Crippen LogP contribution in [-0.2, 0) is 14.6 Å². The van der Waals surface area contributed by atoms with E-state index in [2.05, 4.69) is 15.0 Å². The number of nitrogens with zero attached hydrogens (tertiary/aromatic N) is 4. The van der Waals surface area contributed by atoms with Crippen molar-refractivity contribution >= 4 is 15.7 Å². The Bertz CT molecular complexity index is 929. The van der Waals surface area contributed by atoms with E-state index < -0.39 is 9.84 Å². The summed E-state index contributed by atoms with van der Waals surface area (Å²) in [5.74, 6) is 0.335. The van der Waals surface area contributed by atoms with Crippen LogP contribution in [0.25, 0.3) is 11.4 Å². The molecule has 1 atom stereocenters. The fourth-order valence-electron chi connectivity index (χ4n) is 3.37. The maximum atomic E-state index is 12.4. The molecule has 144 valence electrons. The average Bonchev–Trinajstić information content (AvgIpc) is 2.67. The summed E-state index contributed by atoms with van der Waals surface area (Å²) in [6, 6.07) is 3.57. The van der Waals surface area contributed by atoms with Gasteiger partial charge in [-0.1, -0.05) is 13.8 Å². The van der Waals surface area contributed by atoms with Crippen LogP contribution < -0.4 is 0 Å². The second-order valence-corrected chi connectivity index (χ2v) is 9.21. The zero-order valence-corrected chi connectivity index (χ0v) is 16.6. The van der Waals surface area contributed by atoms with Crippen molar-refractivity contribution < 1.29 is 13.2 Å². The van der Waals surface area contributed by atoms with E-state index in [1.807, 2.05) is 18.7 Å². The van der Waals surface area contributed by atoms with Crippen molar-refractivity contribution in [2.24, 2.45) is 5.92 Å². The second kappa shape index (κ2) is 7.72. The molecule has 3 heterocycles. The summed E-state index contributed by atoms with van der Waals surface area (Å²) in [6.45, 7) is 4.93. The monoisotopic (exact) mass is 388 g/mol. The topological polar surface area (TPSA) is 93.1 Å². The van der Waals surface area contributed by atoms with E-state index in [1.165, 1.54) is 12.5 Å². The number of amides is 1. The van der Waals surface area contributed by atoms with Crippen LogP contribution >= 0.6 is 0 Å². The molecule has 1 saturated heterocycles. The molecule has 1 amide bonds. The predicted molar refractivity (Wildman–Crippen MR) is 102 cm³/mol. The van der Waals surface area contributed by atoms with Gasteiger partial charge in [-0.15, -0.1) is 0 Å². The van der Waals surface area contributed by atoms with E-state index >= 15 is 0 Å². The Morgan fingerprint density at radius 2 is 1.96 bits per heavy atom. The van der Waals surface area contributed by atoms with Crippen LogP contribution in [0.4, 0.5) is 0 Å². The van der Waals surface area contributed by atoms with Gasteiger partial charge in [0.2, 0.25) is 5.91 Å². The Kier molecular flexibility index (Phi) is 5.55. The Hall–Kier alpha value is -2.35. The van der Waals surface area contributed by atoms with E-state index in [-0.39, 0.29) is 22.6 Å². The molecule has 1 fully saturated rings. The normalized spacial score (nSPS) is 17.9. The van der Waals surface area contributed by atoms with Crippen LogP contribution in [-0.4, -0.2) is 53.5 Å². The van der Waals surface area contributed by atoms with Crippen LogP contribution in [0, 0.1) is 5.92 Å². The lowest BCUT2D eigenvalue weighted by atomic mass is 9.93. The number of sulfone groups is 1. The highest BCUT2D eigenvalue weighted by molar-refractivity contribution is 7.90. The minimum atomic E-state index is -3.48. The minimum absolute atomic E-state index is 0.0871. The van der Waals surface area contributed by atoms with Crippen LogP contribution in [0.15, 0.2) is 35.6 Å². The molecule has 3 rings (SSSR count). The molecule has 0 bridgehead atoms. The lowest BCUT2D eigenvalue weighted by molar-refractivity contribution is -0.135. The number of carbonyl (C=O) groups is 1. The van der Waals surface area contributed by atoms with E-state index in [0.29, 0.717) is 24.6 Å². The SMILES string of the molecule is CC(C)C(=O)N1CCC[C@@H](c2nc(-c3ccncc3)ncc2S(C)(=O)=O)C1. The molecule has 7 nitrogen and oxygen atoms in total. The number of likely N-dealkylation sites (tertiary alicyclic amines) is 1. The number of hydrogen-bond acceptors (Lipinski definition) is 6. The van der Waals surface area contributed by atoms with E-state index in [0.717, 1.165) is 18.4 Å². The van der Waals surface area contributed by atoms with E-state index in [1.54, 1.807) is 24.5 Å². The Morgan fingerprint density at radius 1 is 1.26 bits per heavy atom. The highest BCUT2D eigenvalue weighted by Gasteiger charge is 2.30. The zero-order chi connectivity index (χ0) is 19.6. The molecule has 8 heteroatoms. The van der Waals surface area contributed by atoms with E-state index in [9.17, 15) is 13.2 Å². The third-order valence-electron chi connectivity index (χ3n) is 4.73. The van der Waals surface area contributed by atoms with Gasteiger partial charge in [-0.25, -0.2) is 18.4 Å². The first-order valence-corrected chi connectivity index (χ1v) is 10.9. The number of hydrogen-bond donors (Lipinski definition) is 0. The summed E-state index contributed by atoms with van der Waals surface area (Å²) in [4.78, 5) is 27.2. The van der Waals surface area contributed by atoms with Gasteiger partial charge in [0.15, 0.2) is 15.7 Å². The fourth-order valence-corrected chi connectivity index (χ4v) is 4.20. The molecule has 0 N–H and O–H groups in total. The second-order valence-electron chi connectivity index (χ2n) is 7.23. The molecule has 0 unspecified atom stereocenters. The van der Waals surface area contributed by atoms with Gasteiger partial charge in [0.05, 0.1) is 5.69 Å². The fraction of sp³-hybridized carbons (Fsp3) is 0.474. The van der Waals surface area contributed by atoms with Crippen LogP contribution in [0.3, 0.4) is 0 Å². The number of rotatable bonds is 4. The van der Waals surface area contributed by atoms with Gasteiger partial charge in [0.1, 0.15) is 4.90 Å². The number of carbonyl (C=O) groups excluding carboxylic acids is 1. The summed E-state index contributed by atoms with van der Waals surface area (Å²) in [6.07, 6.45) is 7.45. The van der Waals surface area contributed by atoms with Crippen LogP contribution in [0.5, 0.6) is 0 Å². The van der Waals surface area contributed by atoms with Crippen molar-refractivity contribution in [1.29, 1.82) is 0 Å². The molecule has 0 aliphatic carbocycles. The van der Waals surface area contributed by atoms with Crippen molar-refractivity contribution in [2.75, 3.05) is 19.3 Å². The molecule has 2 aromatic rings. The largest absolute Gasteiger partial charge is 0.342 e. The standard InChI is InChI=1S/C19H24N4O3S/c1-13(2)19(24)23-10-4-5-15(12-23)17-16(27(3,25)26)11-21-18(22-17)14-6-8-20-9-7-14/h6-9,11,13,15H,4-5,10,12H2,1-3H3/t15-/m1/s1. The highest BCUT2D eigenvalue weighted by atomic mass is 32.2. The van der Waals surface area contributed by atoms with Gasteiger partial charge in [-0.05, 0) is 25.0 Å².